The minimum absolute atomic E-state index is 0.412. The third-order valence-corrected chi connectivity index (χ3v) is 3.19. The van der Waals surface area contributed by atoms with Crippen molar-refractivity contribution < 1.29 is 27.8 Å². The first-order valence-electron chi connectivity index (χ1n) is 7.45. The highest BCUT2D eigenvalue weighted by Crippen LogP contribution is 2.20. The molecule has 0 bridgehead atoms. The van der Waals surface area contributed by atoms with Crippen LogP contribution >= 0.6 is 0 Å². The molecule has 0 aliphatic rings. The van der Waals surface area contributed by atoms with Gasteiger partial charge in [0.2, 0.25) is 0 Å². The third-order valence-electron chi connectivity index (χ3n) is 3.19. The van der Waals surface area contributed by atoms with E-state index < -0.39 is 12.1 Å². The summed E-state index contributed by atoms with van der Waals surface area (Å²) in [6.45, 7) is 0.971. The normalized spacial score (nSPS) is 10.9. The van der Waals surface area contributed by atoms with E-state index in [1.54, 1.807) is 0 Å². The van der Waals surface area contributed by atoms with Crippen LogP contribution < -0.4 is 10.5 Å². The van der Waals surface area contributed by atoms with Gasteiger partial charge in [-0.25, -0.2) is 9.78 Å². The largest absolute Gasteiger partial charge is 0.490 e. The number of H-pyrrole nitrogens is 1. The SMILES string of the molecule is NCc1nc2ccc(OCc3ccccc3)cc2[nH]1.O=C(O)C(F)(F)F. The van der Waals surface area contributed by atoms with Crippen LogP contribution in [0.1, 0.15) is 11.4 Å². The van der Waals surface area contributed by atoms with Gasteiger partial charge in [0.15, 0.2) is 0 Å². The van der Waals surface area contributed by atoms with Crippen LogP contribution in [0.15, 0.2) is 48.5 Å². The Bertz CT molecular complexity index is 864. The fourth-order valence-corrected chi connectivity index (χ4v) is 1.97. The Morgan fingerprint density at radius 3 is 2.42 bits per heavy atom. The van der Waals surface area contributed by atoms with Crippen LogP contribution in [-0.4, -0.2) is 27.2 Å². The van der Waals surface area contributed by atoms with Crippen molar-refractivity contribution in [3.63, 3.8) is 0 Å². The summed E-state index contributed by atoms with van der Waals surface area (Å²) in [7, 11) is 0. The van der Waals surface area contributed by atoms with Crippen LogP contribution in [0.5, 0.6) is 5.75 Å². The van der Waals surface area contributed by atoms with E-state index in [0.717, 1.165) is 28.2 Å². The van der Waals surface area contributed by atoms with Crippen LogP contribution in [0, 0.1) is 0 Å². The van der Waals surface area contributed by atoms with Gasteiger partial charge in [-0.2, -0.15) is 13.2 Å². The van der Waals surface area contributed by atoms with Gasteiger partial charge in [0.1, 0.15) is 18.2 Å². The summed E-state index contributed by atoms with van der Waals surface area (Å²) in [5.74, 6) is -1.15. The molecule has 0 aliphatic carbocycles. The summed E-state index contributed by atoms with van der Waals surface area (Å²) in [5, 5.41) is 7.12. The minimum Gasteiger partial charge on any atom is -0.489 e. The van der Waals surface area contributed by atoms with Gasteiger partial charge >= 0.3 is 12.1 Å². The number of alkyl halides is 3. The minimum atomic E-state index is -5.08. The van der Waals surface area contributed by atoms with Crippen molar-refractivity contribution in [2.45, 2.75) is 19.3 Å². The quantitative estimate of drug-likeness (QED) is 0.657. The fraction of sp³-hybridized carbons (Fsp3) is 0.176. The van der Waals surface area contributed by atoms with Gasteiger partial charge in [-0.1, -0.05) is 30.3 Å². The number of rotatable bonds is 4. The lowest BCUT2D eigenvalue weighted by Gasteiger charge is -2.05. The lowest BCUT2D eigenvalue weighted by atomic mass is 10.2. The Labute approximate surface area is 146 Å². The number of hydrogen-bond donors (Lipinski definition) is 3. The maximum absolute atomic E-state index is 10.6. The van der Waals surface area contributed by atoms with Crippen molar-refractivity contribution in [3.8, 4) is 5.75 Å². The average Bonchev–Trinajstić information content (AvgIpc) is 3.03. The lowest BCUT2D eigenvalue weighted by Crippen LogP contribution is -2.21. The number of aromatic amines is 1. The second-order valence-corrected chi connectivity index (χ2v) is 5.14. The number of nitrogens with zero attached hydrogens (tertiary/aromatic N) is 1. The number of fused-ring (bicyclic) bond motifs is 1. The molecule has 0 atom stereocenters. The van der Waals surface area contributed by atoms with Gasteiger partial charge in [0.05, 0.1) is 17.6 Å². The Morgan fingerprint density at radius 2 is 1.85 bits per heavy atom. The van der Waals surface area contributed by atoms with E-state index in [9.17, 15) is 13.2 Å². The molecule has 3 aromatic rings. The first-order chi connectivity index (χ1) is 12.3. The summed E-state index contributed by atoms with van der Waals surface area (Å²) in [4.78, 5) is 16.4. The van der Waals surface area contributed by atoms with Crippen molar-refractivity contribution in [2.24, 2.45) is 5.73 Å². The molecule has 0 aliphatic heterocycles. The molecule has 6 nitrogen and oxygen atoms in total. The summed E-state index contributed by atoms with van der Waals surface area (Å²) in [5.41, 5.74) is 8.57. The maximum Gasteiger partial charge on any atom is 0.490 e. The number of aromatic nitrogens is 2. The summed E-state index contributed by atoms with van der Waals surface area (Å²) in [6, 6.07) is 15.9. The topological polar surface area (TPSA) is 101 Å². The number of halogens is 3. The second kappa shape index (κ2) is 8.34. The van der Waals surface area contributed by atoms with E-state index >= 15 is 0 Å². The Balaban J connectivity index is 0.000000298. The first kappa shape index (κ1) is 19.3. The van der Waals surface area contributed by atoms with Gasteiger partial charge in [-0.3, -0.25) is 0 Å². The number of benzene rings is 2. The van der Waals surface area contributed by atoms with Crippen LogP contribution in [0.2, 0.25) is 0 Å². The van der Waals surface area contributed by atoms with Crippen LogP contribution in [0.25, 0.3) is 11.0 Å². The number of aliphatic carboxylic acids is 1. The van der Waals surface area contributed by atoms with Gasteiger partial charge < -0.3 is 20.6 Å². The molecule has 4 N–H and O–H groups in total. The molecule has 9 heteroatoms. The van der Waals surface area contributed by atoms with Crippen LogP contribution in [0.4, 0.5) is 13.2 Å². The number of carboxylic acid groups (broad SMARTS) is 1. The molecule has 138 valence electrons. The van der Waals surface area contributed by atoms with Gasteiger partial charge in [-0.05, 0) is 17.7 Å². The Morgan fingerprint density at radius 1 is 1.19 bits per heavy atom. The molecule has 0 saturated carbocycles. The number of carbonyl (C=O) groups is 1. The zero-order valence-corrected chi connectivity index (χ0v) is 13.5. The van der Waals surface area contributed by atoms with E-state index in [1.807, 2.05) is 48.5 Å². The zero-order chi connectivity index (χ0) is 19.2. The van der Waals surface area contributed by atoms with Crippen molar-refractivity contribution >= 4 is 17.0 Å². The number of nitrogens with two attached hydrogens (primary N) is 1. The molecule has 3 rings (SSSR count). The molecular formula is C17H16F3N3O3. The van der Waals surface area contributed by atoms with Crippen LogP contribution in [-0.2, 0) is 17.9 Å². The molecule has 0 fully saturated rings. The average molecular weight is 367 g/mol. The molecule has 1 heterocycles. The van der Waals surface area contributed by atoms with E-state index in [0.29, 0.717) is 13.2 Å². The van der Waals surface area contributed by atoms with E-state index in [1.165, 1.54) is 0 Å². The molecule has 0 amide bonds. The Hall–Kier alpha value is -3.07. The molecule has 0 spiro atoms. The number of nitrogens with one attached hydrogen (secondary N) is 1. The number of hydrogen-bond acceptors (Lipinski definition) is 4. The van der Waals surface area contributed by atoms with Crippen molar-refractivity contribution in [1.82, 2.24) is 9.97 Å². The molecule has 1 aromatic heterocycles. The molecular weight excluding hydrogens is 351 g/mol. The number of imidazole rings is 1. The molecule has 0 radical (unpaired) electrons. The molecule has 0 unspecified atom stereocenters. The second-order valence-electron chi connectivity index (χ2n) is 5.14. The summed E-state index contributed by atoms with van der Waals surface area (Å²) < 4.78 is 37.5. The summed E-state index contributed by atoms with van der Waals surface area (Å²) in [6.07, 6.45) is -5.08. The smallest absolute Gasteiger partial charge is 0.489 e. The highest BCUT2D eigenvalue weighted by molar-refractivity contribution is 5.76. The lowest BCUT2D eigenvalue weighted by molar-refractivity contribution is -0.192. The zero-order valence-electron chi connectivity index (χ0n) is 13.5. The number of carboxylic acids is 1. The summed E-state index contributed by atoms with van der Waals surface area (Å²) >= 11 is 0. The number of ether oxygens (including phenoxy) is 1. The first-order valence-corrected chi connectivity index (χ1v) is 7.45. The predicted octanol–water partition coefficient (Wildman–Crippen LogP) is 3.23. The van der Waals surface area contributed by atoms with E-state index in [-0.39, 0.29) is 0 Å². The standard InChI is InChI=1S/C15H15N3O.C2HF3O2/c16-9-15-17-13-7-6-12(8-14(13)18-15)19-10-11-4-2-1-3-5-11;3-2(4,5)1(6)7/h1-8H,9-10,16H2,(H,17,18);(H,6,7). The van der Waals surface area contributed by atoms with E-state index in [2.05, 4.69) is 9.97 Å². The van der Waals surface area contributed by atoms with Crippen molar-refractivity contribution in [2.75, 3.05) is 0 Å². The van der Waals surface area contributed by atoms with Crippen molar-refractivity contribution in [3.05, 3.63) is 59.9 Å². The monoisotopic (exact) mass is 367 g/mol. The predicted molar refractivity (Wildman–Crippen MR) is 88.4 cm³/mol. The van der Waals surface area contributed by atoms with Gasteiger partial charge in [0, 0.05) is 6.07 Å². The van der Waals surface area contributed by atoms with Crippen LogP contribution in [0.3, 0.4) is 0 Å². The fourth-order valence-electron chi connectivity index (χ4n) is 1.97. The van der Waals surface area contributed by atoms with Gasteiger partial charge in [0.25, 0.3) is 0 Å². The third kappa shape index (κ3) is 5.49. The highest BCUT2D eigenvalue weighted by atomic mass is 19.4. The van der Waals surface area contributed by atoms with Crippen molar-refractivity contribution in [1.29, 1.82) is 0 Å². The highest BCUT2D eigenvalue weighted by Gasteiger charge is 2.38. The molecule has 2 aromatic carbocycles. The molecule has 26 heavy (non-hydrogen) atoms. The molecule has 0 saturated heterocycles. The van der Waals surface area contributed by atoms with Gasteiger partial charge in [-0.15, -0.1) is 0 Å². The van der Waals surface area contributed by atoms with E-state index in [4.69, 9.17) is 20.4 Å². The Kier molecular flexibility index (Phi) is 6.18. The maximum atomic E-state index is 10.6.